The lowest BCUT2D eigenvalue weighted by molar-refractivity contribution is 0.0496. The molecule has 2 atom stereocenters. The minimum atomic E-state index is -0.587. The molecule has 0 radical (unpaired) electrons. The van der Waals surface area contributed by atoms with Crippen LogP contribution in [-0.2, 0) is 16.1 Å². The fourth-order valence-electron chi connectivity index (χ4n) is 1.29. The van der Waals surface area contributed by atoms with Crippen molar-refractivity contribution in [3.05, 3.63) is 48.0 Å². The third kappa shape index (κ3) is 6.22. The first-order chi connectivity index (χ1) is 8.22. The van der Waals surface area contributed by atoms with E-state index in [1.54, 1.807) is 13.2 Å². The first kappa shape index (κ1) is 13.9. The molecule has 1 rings (SSSR count). The van der Waals surface area contributed by atoms with Gasteiger partial charge in [0, 0.05) is 7.11 Å². The zero-order valence-corrected chi connectivity index (χ0v) is 10.4. The van der Waals surface area contributed by atoms with Crippen LogP contribution < -0.4 is 0 Å². The van der Waals surface area contributed by atoms with Gasteiger partial charge < -0.3 is 14.6 Å². The van der Waals surface area contributed by atoms with Gasteiger partial charge in [0.25, 0.3) is 0 Å². The lowest BCUT2D eigenvalue weighted by Gasteiger charge is -2.08. The lowest BCUT2D eigenvalue weighted by Crippen LogP contribution is -2.13. The van der Waals surface area contributed by atoms with E-state index in [9.17, 15) is 5.11 Å². The lowest BCUT2D eigenvalue weighted by atomic mass is 10.2. The summed E-state index contributed by atoms with van der Waals surface area (Å²) in [5, 5.41) is 9.60. The third-order valence-electron chi connectivity index (χ3n) is 2.38. The van der Waals surface area contributed by atoms with Crippen LogP contribution in [-0.4, -0.2) is 31.0 Å². The van der Waals surface area contributed by atoms with Gasteiger partial charge in [-0.25, -0.2) is 0 Å². The molecule has 1 N–H and O–H groups in total. The third-order valence-corrected chi connectivity index (χ3v) is 2.38. The van der Waals surface area contributed by atoms with E-state index in [4.69, 9.17) is 9.47 Å². The average Bonchev–Trinajstić information content (AvgIpc) is 2.37. The molecular weight excluding hydrogens is 216 g/mol. The molecule has 0 aliphatic carbocycles. The molecule has 0 aliphatic heterocycles. The molecule has 0 saturated carbocycles. The molecule has 17 heavy (non-hydrogen) atoms. The monoisotopic (exact) mass is 236 g/mol. The molecule has 94 valence electrons. The number of aliphatic hydroxyl groups is 1. The van der Waals surface area contributed by atoms with Gasteiger partial charge in [0.15, 0.2) is 0 Å². The van der Waals surface area contributed by atoms with E-state index in [0.29, 0.717) is 13.2 Å². The summed E-state index contributed by atoms with van der Waals surface area (Å²) in [4.78, 5) is 0. The van der Waals surface area contributed by atoms with Crippen molar-refractivity contribution in [3.63, 3.8) is 0 Å². The van der Waals surface area contributed by atoms with E-state index in [1.807, 2.05) is 43.3 Å². The Labute approximate surface area is 103 Å². The van der Waals surface area contributed by atoms with Crippen molar-refractivity contribution < 1.29 is 14.6 Å². The highest BCUT2D eigenvalue weighted by molar-refractivity contribution is 5.13. The van der Waals surface area contributed by atoms with E-state index >= 15 is 0 Å². The summed E-state index contributed by atoms with van der Waals surface area (Å²) in [5.41, 5.74) is 1.11. The number of hydrogen-bond acceptors (Lipinski definition) is 3. The summed E-state index contributed by atoms with van der Waals surface area (Å²) >= 11 is 0. The minimum absolute atomic E-state index is 0.0128. The molecular formula is C14H20O3. The number of hydrogen-bond donors (Lipinski definition) is 1. The van der Waals surface area contributed by atoms with Crippen molar-refractivity contribution in [1.29, 1.82) is 0 Å². The minimum Gasteiger partial charge on any atom is -0.387 e. The summed E-state index contributed by atoms with van der Waals surface area (Å²) in [6.07, 6.45) is 2.94. The van der Waals surface area contributed by atoms with Crippen LogP contribution >= 0.6 is 0 Å². The Morgan fingerprint density at radius 1 is 1.24 bits per heavy atom. The fourth-order valence-corrected chi connectivity index (χ4v) is 1.29. The van der Waals surface area contributed by atoms with E-state index in [-0.39, 0.29) is 6.10 Å². The predicted octanol–water partition coefficient (Wildman–Crippen LogP) is 2.16. The largest absolute Gasteiger partial charge is 0.387 e. The molecule has 0 aliphatic rings. The van der Waals surface area contributed by atoms with Crippen molar-refractivity contribution in [1.82, 2.24) is 0 Å². The van der Waals surface area contributed by atoms with Gasteiger partial charge in [-0.1, -0.05) is 42.5 Å². The Hall–Kier alpha value is -1.16. The number of aliphatic hydroxyl groups excluding tert-OH is 1. The van der Waals surface area contributed by atoms with Crippen molar-refractivity contribution >= 4 is 0 Å². The van der Waals surface area contributed by atoms with Gasteiger partial charge in [0.1, 0.15) is 0 Å². The SMILES string of the molecule is COC(C)/C=C/[C@@H](O)COCc1ccccc1. The number of rotatable bonds is 7. The summed E-state index contributed by atoms with van der Waals surface area (Å²) in [5.74, 6) is 0. The zero-order valence-electron chi connectivity index (χ0n) is 10.4. The van der Waals surface area contributed by atoms with Gasteiger partial charge >= 0.3 is 0 Å². The maximum Gasteiger partial charge on any atom is 0.0955 e. The molecule has 0 heterocycles. The molecule has 0 spiro atoms. The second-order valence-corrected chi connectivity index (χ2v) is 3.89. The Bertz CT molecular complexity index is 321. The summed E-state index contributed by atoms with van der Waals surface area (Å²) < 4.78 is 10.4. The molecule has 1 aromatic rings. The normalized spacial score (nSPS) is 15.0. The maximum atomic E-state index is 9.60. The zero-order chi connectivity index (χ0) is 12.5. The number of ether oxygens (including phenoxy) is 2. The first-order valence-electron chi connectivity index (χ1n) is 5.73. The molecule has 1 unspecified atom stereocenters. The van der Waals surface area contributed by atoms with E-state index in [0.717, 1.165) is 5.56 Å². The van der Waals surface area contributed by atoms with Crippen molar-refractivity contribution in [2.75, 3.05) is 13.7 Å². The highest BCUT2D eigenvalue weighted by Crippen LogP contribution is 2.01. The van der Waals surface area contributed by atoms with Crippen LogP contribution in [0.25, 0.3) is 0 Å². The predicted molar refractivity (Wildman–Crippen MR) is 67.7 cm³/mol. The summed E-state index contributed by atoms with van der Waals surface area (Å²) in [7, 11) is 1.63. The van der Waals surface area contributed by atoms with E-state index in [1.165, 1.54) is 0 Å². The Kier molecular flexibility index (Phi) is 6.55. The topological polar surface area (TPSA) is 38.7 Å². The molecule has 0 bridgehead atoms. The van der Waals surface area contributed by atoms with Crippen LogP contribution in [0.4, 0.5) is 0 Å². The van der Waals surface area contributed by atoms with Crippen LogP contribution in [0, 0.1) is 0 Å². The van der Waals surface area contributed by atoms with Crippen LogP contribution in [0.3, 0.4) is 0 Å². The van der Waals surface area contributed by atoms with Gasteiger partial charge in [-0.05, 0) is 12.5 Å². The Morgan fingerprint density at radius 3 is 2.59 bits per heavy atom. The summed E-state index contributed by atoms with van der Waals surface area (Å²) in [6.45, 7) is 2.72. The molecule has 0 amide bonds. The fraction of sp³-hybridized carbons (Fsp3) is 0.429. The van der Waals surface area contributed by atoms with Gasteiger partial charge in [0.05, 0.1) is 25.4 Å². The standard InChI is InChI=1S/C14H20O3/c1-12(16-2)8-9-14(15)11-17-10-13-6-4-3-5-7-13/h3-9,12,14-15H,10-11H2,1-2H3/b9-8+/t12?,14-/m1/s1. The van der Waals surface area contributed by atoms with Crippen LogP contribution in [0.15, 0.2) is 42.5 Å². The van der Waals surface area contributed by atoms with Gasteiger partial charge in [0.2, 0.25) is 0 Å². The van der Waals surface area contributed by atoms with Crippen molar-refractivity contribution in [2.45, 2.75) is 25.7 Å². The average molecular weight is 236 g/mol. The summed E-state index contributed by atoms with van der Waals surface area (Å²) in [6, 6.07) is 9.89. The number of methoxy groups -OCH3 is 1. The molecule has 1 aromatic carbocycles. The Balaban J connectivity index is 2.20. The Morgan fingerprint density at radius 2 is 1.94 bits per heavy atom. The second-order valence-electron chi connectivity index (χ2n) is 3.89. The smallest absolute Gasteiger partial charge is 0.0955 e. The second kappa shape index (κ2) is 8.01. The maximum absolute atomic E-state index is 9.60. The van der Waals surface area contributed by atoms with Gasteiger partial charge in [-0.2, -0.15) is 0 Å². The highest BCUT2D eigenvalue weighted by Gasteiger charge is 2.00. The first-order valence-corrected chi connectivity index (χ1v) is 5.73. The quantitative estimate of drug-likeness (QED) is 0.737. The van der Waals surface area contributed by atoms with Crippen LogP contribution in [0.1, 0.15) is 12.5 Å². The van der Waals surface area contributed by atoms with E-state index < -0.39 is 6.10 Å². The van der Waals surface area contributed by atoms with E-state index in [2.05, 4.69) is 0 Å². The molecule has 3 heteroatoms. The van der Waals surface area contributed by atoms with Crippen LogP contribution in [0.2, 0.25) is 0 Å². The molecule has 3 nitrogen and oxygen atoms in total. The van der Waals surface area contributed by atoms with Crippen molar-refractivity contribution in [2.24, 2.45) is 0 Å². The highest BCUT2D eigenvalue weighted by atomic mass is 16.5. The van der Waals surface area contributed by atoms with Crippen LogP contribution in [0.5, 0.6) is 0 Å². The van der Waals surface area contributed by atoms with Gasteiger partial charge in [-0.15, -0.1) is 0 Å². The molecule has 0 fully saturated rings. The number of benzene rings is 1. The molecule has 0 aromatic heterocycles. The van der Waals surface area contributed by atoms with Crippen molar-refractivity contribution in [3.8, 4) is 0 Å². The molecule has 0 saturated heterocycles. The van der Waals surface area contributed by atoms with Gasteiger partial charge in [-0.3, -0.25) is 0 Å².